The van der Waals surface area contributed by atoms with E-state index in [1.807, 2.05) is 0 Å². The normalized spacial score (nSPS) is 10.3. The van der Waals surface area contributed by atoms with E-state index in [1.54, 1.807) is 0 Å². The first kappa shape index (κ1) is 26.4. The maximum Gasteiger partial charge on any atom is 0.328 e. The minimum atomic E-state index is -1.26. The van der Waals surface area contributed by atoms with Crippen molar-refractivity contribution in [1.82, 2.24) is 0 Å². The van der Waals surface area contributed by atoms with Crippen LogP contribution in [0.3, 0.4) is 0 Å². The molecule has 3 N–H and O–H groups in total. The van der Waals surface area contributed by atoms with Crippen LogP contribution < -0.4 is 0 Å². The number of hydrogen-bond acceptors (Lipinski definition) is 3. The predicted molar refractivity (Wildman–Crippen MR) is 102 cm³/mol. The van der Waals surface area contributed by atoms with Gasteiger partial charge in [0.05, 0.1) is 0 Å². The lowest BCUT2D eigenvalue weighted by Crippen LogP contribution is -1.93. The first-order valence-corrected chi connectivity index (χ1v) is 9.75. The fraction of sp³-hybridized carbons (Fsp3) is 0.750. The number of unbranched alkanes of at least 4 members (excludes halogenated alkanes) is 12. The van der Waals surface area contributed by atoms with Crippen molar-refractivity contribution in [1.29, 1.82) is 0 Å². The van der Waals surface area contributed by atoms with Crippen molar-refractivity contribution in [2.24, 2.45) is 0 Å². The molecule has 0 aromatic rings. The molecule has 0 unspecified atom stereocenters. The Labute approximate surface area is 157 Å². The molecule has 26 heavy (non-hydrogen) atoms. The Bertz CT molecular complexity index is 374. The smallest absolute Gasteiger partial charge is 0.328 e. The zero-order chi connectivity index (χ0) is 20.0. The molecule has 0 bridgehead atoms. The Morgan fingerprint density at radius 3 is 1.15 bits per heavy atom. The second kappa shape index (κ2) is 21.2. The predicted octanol–water partition coefficient (Wildman–Crippen LogP) is 5.26. The van der Waals surface area contributed by atoms with Crippen molar-refractivity contribution < 1.29 is 29.7 Å². The Kier molecular flexibility index (Phi) is 21.5. The second-order valence-electron chi connectivity index (χ2n) is 6.40. The third-order valence-electron chi connectivity index (χ3n) is 3.86. The Morgan fingerprint density at radius 1 is 0.577 bits per heavy atom. The quantitative estimate of drug-likeness (QED) is 0.251. The van der Waals surface area contributed by atoms with E-state index < -0.39 is 17.9 Å². The van der Waals surface area contributed by atoms with Crippen molar-refractivity contribution in [3.63, 3.8) is 0 Å². The van der Waals surface area contributed by atoms with Crippen molar-refractivity contribution in [3.8, 4) is 0 Å². The SMILES string of the molecule is CCCCCCCCCCCCCCCC(=O)O.O=C(O)/C=C/C(=O)O. The van der Waals surface area contributed by atoms with E-state index in [9.17, 15) is 14.4 Å². The molecule has 0 spiro atoms. The molecule has 0 aliphatic rings. The van der Waals surface area contributed by atoms with Crippen LogP contribution in [0.25, 0.3) is 0 Å². The number of carboxylic acids is 3. The molecule has 6 nitrogen and oxygen atoms in total. The molecule has 0 fully saturated rings. The van der Waals surface area contributed by atoms with E-state index >= 15 is 0 Å². The molecule has 152 valence electrons. The highest BCUT2D eigenvalue weighted by Gasteiger charge is 1.96. The number of carbonyl (C=O) groups is 3. The summed E-state index contributed by atoms with van der Waals surface area (Å²) in [6.45, 7) is 2.26. The maximum atomic E-state index is 10.3. The van der Waals surface area contributed by atoms with Gasteiger partial charge >= 0.3 is 17.9 Å². The van der Waals surface area contributed by atoms with E-state index in [0.717, 1.165) is 12.8 Å². The molecule has 6 heteroatoms. The fourth-order valence-electron chi connectivity index (χ4n) is 2.44. The minimum Gasteiger partial charge on any atom is -0.481 e. The van der Waals surface area contributed by atoms with Gasteiger partial charge in [0.1, 0.15) is 0 Å². The van der Waals surface area contributed by atoms with Gasteiger partial charge < -0.3 is 15.3 Å². The third kappa shape index (κ3) is 30.1. The Hall–Kier alpha value is -1.85. The van der Waals surface area contributed by atoms with E-state index in [2.05, 4.69) is 6.92 Å². The first-order valence-electron chi connectivity index (χ1n) is 9.75. The number of aliphatic carboxylic acids is 3. The van der Waals surface area contributed by atoms with Gasteiger partial charge in [0, 0.05) is 18.6 Å². The lowest BCUT2D eigenvalue weighted by Gasteiger charge is -2.02. The van der Waals surface area contributed by atoms with E-state index in [4.69, 9.17) is 15.3 Å². The molecule has 0 aromatic heterocycles. The largest absolute Gasteiger partial charge is 0.481 e. The second-order valence-corrected chi connectivity index (χ2v) is 6.40. The summed E-state index contributed by atoms with van der Waals surface area (Å²) in [4.78, 5) is 29.4. The summed E-state index contributed by atoms with van der Waals surface area (Å²) >= 11 is 0. The summed E-state index contributed by atoms with van der Waals surface area (Å²) in [5.41, 5.74) is 0. The van der Waals surface area contributed by atoms with Gasteiger partial charge in [0.15, 0.2) is 0 Å². The third-order valence-corrected chi connectivity index (χ3v) is 3.86. The van der Waals surface area contributed by atoms with Gasteiger partial charge in [-0.2, -0.15) is 0 Å². The minimum absolute atomic E-state index is 0.345. The molecule has 0 saturated heterocycles. The van der Waals surface area contributed by atoms with Gasteiger partial charge in [-0.1, -0.05) is 84.0 Å². The number of hydrogen-bond donors (Lipinski definition) is 3. The summed E-state index contributed by atoms with van der Waals surface area (Å²) in [5.74, 6) is -3.17. The lowest BCUT2D eigenvalue weighted by atomic mass is 10.0. The van der Waals surface area contributed by atoms with E-state index in [-0.39, 0.29) is 0 Å². The topological polar surface area (TPSA) is 112 Å². The van der Waals surface area contributed by atoms with Crippen LogP contribution in [0.5, 0.6) is 0 Å². The molecule has 0 rings (SSSR count). The van der Waals surface area contributed by atoms with Gasteiger partial charge in [-0.3, -0.25) is 4.79 Å². The molecular weight excluding hydrogens is 336 g/mol. The van der Waals surface area contributed by atoms with Gasteiger partial charge in [-0.25, -0.2) is 9.59 Å². The summed E-state index contributed by atoms with van der Waals surface area (Å²) < 4.78 is 0. The number of carboxylic acid groups (broad SMARTS) is 3. The molecule has 0 atom stereocenters. The highest BCUT2D eigenvalue weighted by molar-refractivity contribution is 5.89. The first-order chi connectivity index (χ1) is 12.4. The van der Waals surface area contributed by atoms with Crippen molar-refractivity contribution >= 4 is 17.9 Å². The van der Waals surface area contributed by atoms with Gasteiger partial charge in [-0.05, 0) is 6.42 Å². The molecule has 0 amide bonds. The molecule has 0 saturated carbocycles. The zero-order valence-electron chi connectivity index (χ0n) is 16.1. The summed E-state index contributed by atoms with van der Waals surface area (Å²) in [5, 5.41) is 24.1. The lowest BCUT2D eigenvalue weighted by molar-refractivity contribution is -0.137. The summed E-state index contributed by atoms with van der Waals surface area (Å²) in [6.07, 6.45) is 18.4. The average Bonchev–Trinajstić information content (AvgIpc) is 2.57. The molecule has 0 aliphatic heterocycles. The Morgan fingerprint density at radius 2 is 0.885 bits per heavy atom. The summed E-state index contributed by atoms with van der Waals surface area (Å²) in [6, 6.07) is 0. The number of rotatable bonds is 16. The van der Waals surface area contributed by atoms with Gasteiger partial charge in [0.25, 0.3) is 0 Å². The van der Waals surface area contributed by atoms with Crippen LogP contribution in [0.4, 0.5) is 0 Å². The maximum absolute atomic E-state index is 10.3. The molecule has 0 radical (unpaired) electrons. The van der Waals surface area contributed by atoms with Crippen LogP contribution in [0.2, 0.25) is 0 Å². The van der Waals surface area contributed by atoms with Gasteiger partial charge in [0.2, 0.25) is 0 Å². The zero-order valence-corrected chi connectivity index (χ0v) is 16.1. The van der Waals surface area contributed by atoms with Crippen molar-refractivity contribution in [2.75, 3.05) is 0 Å². The van der Waals surface area contributed by atoms with Gasteiger partial charge in [-0.15, -0.1) is 0 Å². The van der Waals surface area contributed by atoms with Crippen LogP contribution in [0.15, 0.2) is 12.2 Å². The molecule has 0 aliphatic carbocycles. The average molecular weight is 373 g/mol. The van der Waals surface area contributed by atoms with Crippen molar-refractivity contribution in [3.05, 3.63) is 12.2 Å². The monoisotopic (exact) mass is 372 g/mol. The highest BCUT2D eigenvalue weighted by atomic mass is 16.4. The van der Waals surface area contributed by atoms with Crippen LogP contribution in [0, 0.1) is 0 Å². The van der Waals surface area contributed by atoms with Crippen LogP contribution in [0.1, 0.15) is 96.8 Å². The van der Waals surface area contributed by atoms with E-state index in [0.29, 0.717) is 18.6 Å². The van der Waals surface area contributed by atoms with Crippen LogP contribution in [-0.4, -0.2) is 33.2 Å². The van der Waals surface area contributed by atoms with Crippen molar-refractivity contribution in [2.45, 2.75) is 96.8 Å². The standard InChI is InChI=1S/C16H32O2.C4H4O4/c1-2-3-4-5-6-7-8-9-10-11-12-13-14-15-16(17)18;5-3(6)1-2-4(7)8/h2-15H2,1H3,(H,17,18);1-2H,(H,5,6)(H,7,8)/b;2-1+. The van der Waals surface area contributed by atoms with Crippen LogP contribution in [-0.2, 0) is 14.4 Å². The highest BCUT2D eigenvalue weighted by Crippen LogP contribution is 2.12. The summed E-state index contributed by atoms with van der Waals surface area (Å²) in [7, 11) is 0. The van der Waals surface area contributed by atoms with Crippen LogP contribution >= 0.6 is 0 Å². The molecular formula is C20H36O6. The Balaban J connectivity index is 0. The fourth-order valence-corrected chi connectivity index (χ4v) is 2.44. The van der Waals surface area contributed by atoms with E-state index in [1.165, 1.54) is 70.6 Å². The molecule has 0 aromatic carbocycles. The molecule has 0 heterocycles.